The summed E-state index contributed by atoms with van der Waals surface area (Å²) in [6.45, 7) is 4.37. The Bertz CT molecular complexity index is 717. The first-order chi connectivity index (χ1) is 10.1. The number of nitrogens with zero attached hydrogens (tertiary/aromatic N) is 4. The van der Waals surface area contributed by atoms with Crippen LogP contribution in [0.5, 0.6) is 0 Å². The molecule has 0 radical (unpaired) electrons. The van der Waals surface area contributed by atoms with E-state index in [9.17, 15) is 0 Å². The van der Waals surface area contributed by atoms with Gasteiger partial charge in [-0.1, -0.05) is 31.0 Å². The summed E-state index contributed by atoms with van der Waals surface area (Å²) in [5.41, 5.74) is 2.79. The SMILES string of the molecule is CCCC(C)(c1ccc(Cl)nc1)c1cc2ncccn2n1. The van der Waals surface area contributed by atoms with Crippen LogP contribution in [0.3, 0.4) is 0 Å². The van der Waals surface area contributed by atoms with E-state index in [1.54, 1.807) is 6.20 Å². The molecule has 0 aliphatic rings. The van der Waals surface area contributed by atoms with Crippen molar-refractivity contribution in [2.75, 3.05) is 0 Å². The summed E-state index contributed by atoms with van der Waals surface area (Å²) < 4.78 is 1.81. The molecule has 0 spiro atoms. The van der Waals surface area contributed by atoms with E-state index in [0.717, 1.165) is 29.7 Å². The molecule has 3 heterocycles. The fourth-order valence-electron chi connectivity index (χ4n) is 2.72. The van der Waals surface area contributed by atoms with Gasteiger partial charge in [0, 0.05) is 30.1 Å². The first kappa shape index (κ1) is 14.0. The Morgan fingerprint density at radius 2 is 2.14 bits per heavy atom. The maximum atomic E-state index is 5.91. The largest absolute Gasteiger partial charge is 0.244 e. The van der Waals surface area contributed by atoms with Crippen molar-refractivity contribution in [3.63, 3.8) is 0 Å². The Hall–Kier alpha value is -1.94. The molecule has 0 saturated carbocycles. The van der Waals surface area contributed by atoms with Crippen LogP contribution in [0.4, 0.5) is 0 Å². The number of fused-ring (bicyclic) bond motifs is 1. The lowest BCUT2D eigenvalue weighted by atomic mass is 9.76. The van der Waals surface area contributed by atoms with Crippen LogP contribution in [-0.2, 0) is 5.41 Å². The van der Waals surface area contributed by atoms with E-state index >= 15 is 0 Å². The molecule has 0 fully saturated rings. The Morgan fingerprint density at radius 3 is 2.81 bits per heavy atom. The molecule has 0 aromatic carbocycles. The number of hydrogen-bond acceptors (Lipinski definition) is 3. The summed E-state index contributed by atoms with van der Waals surface area (Å²) in [5.74, 6) is 0. The van der Waals surface area contributed by atoms with Crippen LogP contribution in [0.1, 0.15) is 37.9 Å². The Morgan fingerprint density at radius 1 is 1.29 bits per heavy atom. The van der Waals surface area contributed by atoms with Gasteiger partial charge in [0.1, 0.15) is 5.15 Å². The molecule has 3 aromatic rings. The molecule has 3 rings (SSSR count). The number of aromatic nitrogens is 4. The minimum absolute atomic E-state index is 0.194. The van der Waals surface area contributed by atoms with Crippen molar-refractivity contribution in [3.05, 3.63) is 59.3 Å². The molecule has 0 amide bonds. The van der Waals surface area contributed by atoms with E-state index in [1.165, 1.54) is 0 Å². The maximum Gasteiger partial charge on any atom is 0.155 e. The maximum absolute atomic E-state index is 5.91. The molecule has 0 saturated heterocycles. The predicted molar refractivity (Wildman–Crippen MR) is 83.6 cm³/mol. The van der Waals surface area contributed by atoms with Gasteiger partial charge in [-0.2, -0.15) is 5.10 Å². The van der Waals surface area contributed by atoms with Crippen LogP contribution in [-0.4, -0.2) is 19.6 Å². The van der Waals surface area contributed by atoms with Crippen molar-refractivity contribution in [3.8, 4) is 0 Å². The van der Waals surface area contributed by atoms with Gasteiger partial charge in [0.25, 0.3) is 0 Å². The van der Waals surface area contributed by atoms with Gasteiger partial charge in [0.15, 0.2) is 5.65 Å². The summed E-state index contributed by atoms with van der Waals surface area (Å²) >= 11 is 5.91. The first-order valence-corrected chi connectivity index (χ1v) is 7.44. The summed E-state index contributed by atoms with van der Waals surface area (Å²) in [7, 11) is 0. The number of hydrogen-bond donors (Lipinski definition) is 0. The molecule has 108 valence electrons. The lowest BCUT2D eigenvalue weighted by Gasteiger charge is -2.27. The molecule has 21 heavy (non-hydrogen) atoms. The van der Waals surface area contributed by atoms with Crippen LogP contribution in [0.2, 0.25) is 5.15 Å². The number of halogens is 1. The van der Waals surface area contributed by atoms with Crippen LogP contribution in [0.15, 0.2) is 42.9 Å². The number of rotatable bonds is 4. The third kappa shape index (κ3) is 2.51. The monoisotopic (exact) mass is 300 g/mol. The summed E-state index contributed by atoms with van der Waals surface area (Å²) in [6, 6.07) is 7.79. The zero-order chi connectivity index (χ0) is 14.9. The predicted octanol–water partition coefficient (Wildman–Crippen LogP) is 3.88. The molecule has 0 N–H and O–H groups in total. The second-order valence-electron chi connectivity index (χ2n) is 5.40. The van der Waals surface area contributed by atoms with Gasteiger partial charge in [-0.05, 0) is 31.0 Å². The fourth-order valence-corrected chi connectivity index (χ4v) is 2.83. The van der Waals surface area contributed by atoms with Crippen molar-refractivity contribution in [1.29, 1.82) is 0 Å². The minimum atomic E-state index is -0.194. The molecule has 0 aliphatic carbocycles. The highest BCUT2D eigenvalue weighted by atomic mass is 35.5. The van der Waals surface area contributed by atoms with E-state index < -0.39 is 0 Å². The fraction of sp³-hybridized carbons (Fsp3) is 0.312. The molecule has 1 unspecified atom stereocenters. The van der Waals surface area contributed by atoms with Gasteiger partial charge < -0.3 is 0 Å². The van der Waals surface area contributed by atoms with E-state index in [2.05, 4.69) is 23.8 Å². The van der Waals surface area contributed by atoms with Gasteiger partial charge in [-0.3, -0.25) is 0 Å². The van der Waals surface area contributed by atoms with E-state index in [4.69, 9.17) is 16.7 Å². The molecule has 1 atom stereocenters. The van der Waals surface area contributed by atoms with E-state index in [1.807, 2.05) is 41.2 Å². The second kappa shape index (κ2) is 5.45. The molecular formula is C16H17ClN4. The van der Waals surface area contributed by atoms with Crippen molar-refractivity contribution in [1.82, 2.24) is 19.6 Å². The van der Waals surface area contributed by atoms with Crippen molar-refractivity contribution in [2.24, 2.45) is 0 Å². The molecule has 3 aromatic heterocycles. The van der Waals surface area contributed by atoms with Gasteiger partial charge in [0.05, 0.1) is 5.69 Å². The van der Waals surface area contributed by atoms with Crippen LogP contribution in [0, 0.1) is 0 Å². The minimum Gasteiger partial charge on any atom is -0.244 e. The van der Waals surface area contributed by atoms with Gasteiger partial charge >= 0.3 is 0 Å². The smallest absolute Gasteiger partial charge is 0.155 e. The highest BCUT2D eigenvalue weighted by Gasteiger charge is 2.31. The highest BCUT2D eigenvalue weighted by Crippen LogP contribution is 2.35. The number of pyridine rings is 1. The first-order valence-electron chi connectivity index (χ1n) is 7.06. The van der Waals surface area contributed by atoms with Crippen molar-refractivity contribution >= 4 is 17.2 Å². The van der Waals surface area contributed by atoms with Crippen molar-refractivity contribution in [2.45, 2.75) is 32.1 Å². The normalized spacial score (nSPS) is 14.2. The average Bonchev–Trinajstić information content (AvgIpc) is 2.92. The van der Waals surface area contributed by atoms with E-state index in [0.29, 0.717) is 5.15 Å². The summed E-state index contributed by atoms with van der Waals surface area (Å²) in [6.07, 6.45) is 7.58. The zero-order valence-electron chi connectivity index (χ0n) is 12.1. The van der Waals surface area contributed by atoms with Crippen LogP contribution >= 0.6 is 11.6 Å². The quantitative estimate of drug-likeness (QED) is 0.687. The third-order valence-electron chi connectivity index (χ3n) is 3.92. The zero-order valence-corrected chi connectivity index (χ0v) is 12.9. The Kier molecular flexibility index (Phi) is 3.64. The average molecular weight is 301 g/mol. The summed E-state index contributed by atoms with van der Waals surface area (Å²) in [5, 5.41) is 5.20. The van der Waals surface area contributed by atoms with Gasteiger partial charge in [-0.25, -0.2) is 14.5 Å². The van der Waals surface area contributed by atoms with Gasteiger partial charge in [0.2, 0.25) is 0 Å². The topological polar surface area (TPSA) is 43.1 Å². The third-order valence-corrected chi connectivity index (χ3v) is 4.14. The lowest BCUT2D eigenvalue weighted by molar-refractivity contribution is 0.492. The molecule has 0 bridgehead atoms. The van der Waals surface area contributed by atoms with E-state index in [-0.39, 0.29) is 5.41 Å². The second-order valence-corrected chi connectivity index (χ2v) is 5.79. The molecule has 0 aliphatic heterocycles. The van der Waals surface area contributed by atoms with Gasteiger partial charge in [-0.15, -0.1) is 0 Å². The Balaban J connectivity index is 2.13. The van der Waals surface area contributed by atoms with Crippen LogP contribution in [0.25, 0.3) is 5.65 Å². The lowest BCUT2D eigenvalue weighted by Crippen LogP contribution is -2.24. The van der Waals surface area contributed by atoms with Crippen molar-refractivity contribution < 1.29 is 0 Å². The molecule has 5 heteroatoms. The Labute approximate surface area is 128 Å². The van der Waals surface area contributed by atoms with Crippen LogP contribution < -0.4 is 0 Å². The standard InChI is InChI=1S/C16H17ClN4/c1-3-7-16(2,12-5-6-14(17)19-11-12)13-10-15-18-8-4-9-21(15)20-13/h4-6,8-11H,3,7H2,1-2H3. The molecule has 4 nitrogen and oxygen atoms in total. The molecular weight excluding hydrogens is 284 g/mol. The highest BCUT2D eigenvalue weighted by molar-refractivity contribution is 6.29. The summed E-state index contributed by atoms with van der Waals surface area (Å²) in [4.78, 5) is 8.57.